The second-order valence-electron chi connectivity index (χ2n) is 14.4. The van der Waals surface area contributed by atoms with Gasteiger partial charge in [0.15, 0.2) is 0 Å². The monoisotopic (exact) mass is 1450 g/mol. The molecule has 0 spiro atoms. The molecule has 0 fully saturated rings. The zero-order chi connectivity index (χ0) is 54.4. The van der Waals surface area contributed by atoms with Gasteiger partial charge in [-0.3, -0.25) is 0 Å². The first-order chi connectivity index (χ1) is 37.3. The van der Waals surface area contributed by atoms with E-state index in [1.807, 2.05) is 115 Å². The van der Waals surface area contributed by atoms with Crippen molar-refractivity contribution in [2.75, 3.05) is 0 Å². The average molecular weight is 1450 g/mol. The number of aromatic nitrogens is 4. The van der Waals surface area contributed by atoms with Crippen molar-refractivity contribution in [1.82, 2.24) is 19.9 Å². The average Bonchev–Trinajstić information content (AvgIpc) is 3.51. The Morgan fingerprint density at radius 3 is 1.21 bits per heavy atom. The molecule has 7 aromatic carbocycles. The minimum atomic E-state index is -0.396. The Morgan fingerprint density at radius 2 is 0.771 bits per heavy atom. The van der Waals surface area contributed by atoms with Gasteiger partial charge in [0, 0.05) is 85.1 Å². The summed E-state index contributed by atoms with van der Waals surface area (Å²) in [6, 6.07) is 65.1. The molecule has 11 rings (SSSR count). The maximum Gasteiger partial charge on any atom is 0.0629 e. The Kier molecular flexibility index (Phi) is 17.1. The fraction of sp³-hybridized carbons (Fsp3) is 0.0159. The standard InChI is InChI=1S/C18H14N.2C17H12N.C11H8N.3Ir/c1-14-7-5-6-10-17(14)16-11-12-18(19-13-16)15-8-3-2-4-9-15;1-3-7-14(8-4-1)16-11-12-18-17(13-16)15-9-5-2-6-10-15;1-3-7-14(8-4-1)16-11-12-17(18-13-16)15-9-5-2-6-10-15;1-2-6-10(7-3-1)11-8-4-5-9-12-11;;;/h2-8,10-13H,1H3;2*1-9,11-13H;1-6,8-9H;;;/q4*-1;;;/i;2*1D,3D,4D,7D,8D;;;;. The number of hydrogen-bond acceptors (Lipinski definition) is 4. The van der Waals surface area contributed by atoms with Gasteiger partial charge in [0.05, 0.1) is 13.7 Å². The fourth-order valence-electron chi connectivity index (χ4n) is 6.57. The SMILES string of the molecule is Cc1ccccc1-c1ccc(-c2[c-]cccc2)nc1.[2H]c1c([2H])c([2H])c(-c2ccc(-c3[c-]cccc3)nc2)c([2H])c1[2H].[2H]c1c([2H])c([2H])c(-c2ccnc(-c3[c-]cccc3)c2)c([2H])c1[2H].[Ir].[Ir].[Ir].[c-]1ccccc1-c1ccccn1. The van der Waals surface area contributed by atoms with E-state index in [9.17, 15) is 0 Å². The van der Waals surface area contributed by atoms with E-state index in [1.165, 1.54) is 17.3 Å². The Hall–Kier alpha value is -6.91. The normalized spacial score (nSPS) is 11.7. The van der Waals surface area contributed by atoms with E-state index in [4.69, 9.17) is 13.7 Å². The molecule has 349 valence electrons. The first-order valence-electron chi connectivity index (χ1n) is 26.2. The summed E-state index contributed by atoms with van der Waals surface area (Å²) in [6.45, 7) is 2.12. The predicted octanol–water partition coefficient (Wildman–Crippen LogP) is 15.5. The zero-order valence-corrected chi connectivity index (χ0v) is 44.5. The fourth-order valence-corrected chi connectivity index (χ4v) is 6.57. The first kappa shape index (κ1) is 40.9. The zero-order valence-electron chi connectivity index (χ0n) is 47.3. The van der Waals surface area contributed by atoms with Crippen LogP contribution in [0.25, 0.3) is 78.4 Å². The molecular weight excluding hydrogens is 1390 g/mol. The Morgan fingerprint density at radius 1 is 0.343 bits per heavy atom. The predicted molar refractivity (Wildman–Crippen MR) is 275 cm³/mol. The molecule has 0 amide bonds. The van der Waals surface area contributed by atoms with Crippen LogP contribution in [0.15, 0.2) is 261 Å². The van der Waals surface area contributed by atoms with Crippen LogP contribution >= 0.6 is 0 Å². The van der Waals surface area contributed by atoms with Crippen LogP contribution in [0, 0.1) is 31.2 Å². The molecule has 3 radical (unpaired) electrons. The molecule has 0 unspecified atom stereocenters. The third-order valence-electron chi connectivity index (χ3n) is 9.93. The van der Waals surface area contributed by atoms with Crippen molar-refractivity contribution in [3.8, 4) is 78.4 Å². The summed E-state index contributed by atoms with van der Waals surface area (Å²) in [4.78, 5) is 17.3. The van der Waals surface area contributed by atoms with Crippen LogP contribution in [-0.4, -0.2) is 19.9 Å². The molecule has 0 atom stereocenters. The van der Waals surface area contributed by atoms with Gasteiger partial charge in [0.1, 0.15) is 0 Å². The molecule has 0 aliphatic rings. The topological polar surface area (TPSA) is 51.6 Å². The summed E-state index contributed by atoms with van der Waals surface area (Å²) in [5.41, 5.74) is 12.0. The van der Waals surface area contributed by atoms with E-state index in [2.05, 4.69) is 81.5 Å². The van der Waals surface area contributed by atoms with Gasteiger partial charge in [0.25, 0.3) is 0 Å². The largest absolute Gasteiger partial charge is 0.305 e. The van der Waals surface area contributed by atoms with Gasteiger partial charge in [-0.05, 0) is 80.8 Å². The van der Waals surface area contributed by atoms with Crippen molar-refractivity contribution in [3.63, 3.8) is 0 Å². The number of pyridine rings is 4. The number of rotatable bonds is 7. The third-order valence-corrected chi connectivity index (χ3v) is 9.93. The molecule has 0 saturated carbocycles. The third kappa shape index (κ3) is 15.8. The van der Waals surface area contributed by atoms with Crippen LogP contribution in [-0.2, 0) is 60.3 Å². The van der Waals surface area contributed by atoms with Gasteiger partial charge in [-0.2, -0.15) is 0 Å². The van der Waals surface area contributed by atoms with E-state index in [0.29, 0.717) is 22.5 Å². The molecule has 4 heterocycles. The van der Waals surface area contributed by atoms with Crippen LogP contribution < -0.4 is 0 Å². The van der Waals surface area contributed by atoms with Crippen LogP contribution in [0.1, 0.15) is 19.3 Å². The molecule has 0 saturated heterocycles. The summed E-state index contributed by atoms with van der Waals surface area (Å²) in [5, 5.41) is 0. The van der Waals surface area contributed by atoms with Crippen molar-refractivity contribution >= 4 is 0 Å². The maximum absolute atomic E-state index is 8.05. The molecule has 0 N–H and O–H groups in total. The Bertz CT molecular complexity index is 3650. The summed E-state index contributed by atoms with van der Waals surface area (Å²) < 4.78 is 78.4. The van der Waals surface area contributed by atoms with Crippen LogP contribution in [0.4, 0.5) is 0 Å². The molecule has 0 bridgehead atoms. The summed E-state index contributed by atoms with van der Waals surface area (Å²) in [6.07, 6.45) is 6.80. The minimum absolute atomic E-state index is 0. The van der Waals surface area contributed by atoms with E-state index in [1.54, 1.807) is 48.8 Å². The molecule has 11 aromatic rings. The van der Waals surface area contributed by atoms with E-state index >= 15 is 0 Å². The molecule has 0 aliphatic carbocycles. The van der Waals surface area contributed by atoms with Crippen LogP contribution in [0.2, 0.25) is 0 Å². The number of benzene rings is 7. The van der Waals surface area contributed by atoms with Crippen molar-refractivity contribution < 1.29 is 74.0 Å². The molecule has 70 heavy (non-hydrogen) atoms. The smallest absolute Gasteiger partial charge is 0.0629 e. The molecule has 4 nitrogen and oxygen atoms in total. The number of hydrogen-bond donors (Lipinski definition) is 0. The molecule has 7 heteroatoms. The summed E-state index contributed by atoms with van der Waals surface area (Å²) >= 11 is 0. The van der Waals surface area contributed by atoms with Gasteiger partial charge >= 0.3 is 0 Å². The van der Waals surface area contributed by atoms with E-state index < -0.39 is 12.1 Å². The second-order valence-corrected chi connectivity index (χ2v) is 14.4. The van der Waals surface area contributed by atoms with Gasteiger partial charge in [-0.1, -0.05) is 127 Å². The second kappa shape index (κ2) is 29.2. The van der Waals surface area contributed by atoms with Crippen LogP contribution in [0.5, 0.6) is 0 Å². The van der Waals surface area contributed by atoms with Crippen molar-refractivity contribution in [2.24, 2.45) is 0 Å². The number of nitrogens with zero attached hydrogens (tertiary/aromatic N) is 4. The van der Waals surface area contributed by atoms with E-state index in [0.717, 1.165) is 39.2 Å². The van der Waals surface area contributed by atoms with Gasteiger partial charge in [-0.15, -0.1) is 144 Å². The number of aryl methyl sites for hydroxylation is 1. The van der Waals surface area contributed by atoms with Gasteiger partial charge in [-0.25, -0.2) is 0 Å². The van der Waals surface area contributed by atoms with Crippen molar-refractivity contribution in [3.05, 3.63) is 291 Å². The molecule has 0 aliphatic heterocycles. The first-order valence-corrected chi connectivity index (χ1v) is 21.2. The van der Waals surface area contributed by atoms with E-state index in [-0.39, 0.29) is 120 Å². The van der Waals surface area contributed by atoms with Gasteiger partial charge < -0.3 is 19.9 Å². The minimum Gasteiger partial charge on any atom is -0.305 e. The quantitative estimate of drug-likeness (QED) is 0.149. The van der Waals surface area contributed by atoms with Gasteiger partial charge in [0.2, 0.25) is 0 Å². The van der Waals surface area contributed by atoms with Crippen molar-refractivity contribution in [2.45, 2.75) is 6.92 Å². The molecular formula is C63H46Ir3N4-4. The maximum atomic E-state index is 8.05. The Balaban J connectivity index is 0.000000198. The Labute approximate surface area is 467 Å². The van der Waals surface area contributed by atoms with Crippen molar-refractivity contribution in [1.29, 1.82) is 0 Å². The van der Waals surface area contributed by atoms with Crippen LogP contribution in [0.3, 0.4) is 0 Å². The summed E-state index contributed by atoms with van der Waals surface area (Å²) in [5.74, 6) is 0. The summed E-state index contributed by atoms with van der Waals surface area (Å²) in [7, 11) is 0. The molecule has 4 aromatic heterocycles.